The molecule has 1 aromatic carbocycles. The van der Waals surface area contributed by atoms with Crippen LogP contribution in [0.15, 0.2) is 24.3 Å². The van der Waals surface area contributed by atoms with E-state index in [2.05, 4.69) is 32.0 Å². The Labute approximate surface area is 85.5 Å². The highest BCUT2D eigenvalue weighted by atomic mass is 16.1. The number of ketones is 1. The second-order valence-electron chi connectivity index (χ2n) is 3.81. The van der Waals surface area contributed by atoms with E-state index >= 15 is 0 Å². The first-order chi connectivity index (χ1) is 6.49. The van der Waals surface area contributed by atoms with Gasteiger partial charge >= 0.3 is 0 Å². The van der Waals surface area contributed by atoms with Gasteiger partial charge in [0.1, 0.15) is 0 Å². The van der Waals surface area contributed by atoms with Crippen LogP contribution in [0.25, 0.3) is 5.57 Å². The predicted molar refractivity (Wildman–Crippen MR) is 60.2 cm³/mol. The van der Waals surface area contributed by atoms with E-state index in [1.807, 2.05) is 6.92 Å². The van der Waals surface area contributed by atoms with Gasteiger partial charge in [0.15, 0.2) is 5.78 Å². The minimum atomic E-state index is 0.0988. The Morgan fingerprint density at radius 3 is 2.00 bits per heavy atom. The van der Waals surface area contributed by atoms with E-state index in [1.165, 1.54) is 11.1 Å². The van der Waals surface area contributed by atoms with Crippen molar-refractivity contribution in [1.29, 1.82) is 0 Å². The summed E-state index contributed by atoms with van der Waals surface area (Å²) in [6.45, 7) is 7.68. The van der Waals surface area contributed by atoms with E-state index in [0.29, 0.717) is 0 Å². The fourth-order valence-electron chi connectivity index (χ4n) is 1.59. The topological polar surface area (TPSA) is 17.1 Å². The number of rotatable bonds is 2. The van der Waals surface area contributed by atoms with Crippen LogP contribution in [-0.4, -0.2) is 5.78 Å². The molecule has 1 nitrogen and oxygen atoms in total. The molecule has 0 aromatic heterocycles. The normalized spacial score (nSPS) is 11.6. The number of aryl methyl sites for hydroxylation is 2. The van der Waals surface area contributed by atoms with Crippen LogP contribution in [-0.2, 0) is 4.79 Å². The lowest BCUT2D eigenvalue weighted by Gasteiger charge is -2.04. The van der Waals surface area contributed by atoms with Crippen molar-refractivity contribution in [3.05, 3.63) is 41.0 Å². The van der Waals surface area contributed by atoms with E-state index in [-0.39, 0.29) is 5.78 Å². The molecule has 0 spiro atoms. The molecule has 0 aliphatic carbocycles. The van der Waals surface area contributed by atoms with Gasteiger partial charge in [0.05, 0.1) is 0 Å². The first-order valence-electron chi connectivity index (χ1n) is 4.76. The third-order valence-electron chi connectivity index (χ3n) is 2.10. The molecule has 1 heteroatoms. The van der Waals surface area contributed by atoms with Gasteiger partial charge in [0.25, 0.3) is 0 Å². The molecule has 0 N–H and O–H groups in total. The molecule has 1 aromatic rings. The minimum Gasteiger partial charge on any atom is -0.295 e. The SMILES string of the molecule is CC(=O)/C=C(/C)c1cc(C)cc(C)c1. The van der Waals surface area contributed by atoms with Crippen LogP contribution in [0.1, 0.15) is 30.5 Å². The molecule has 74 valence electrons. The van der Waals surface area contributed by atoms with Gasteiger partial charge in [-0.3, -0.25) is 4.79 Å². The van der Waals surface area contributed by atoms with Gasteiger partial charge in [-0.15, -0.1) is 0 Å². The average molecular weight is 188 g/mol. The van der Waals surface area contributed by atoms with Crippen LogP contribution in [0, 0.1) is 13.8 Å². The average Bonchev–Trinajstić information content (AvgIpc) is 2.00. The van der Waals surface area contributed by atoms with Gasteiger partial charge in [-0.2, -0.15) is 0 Å². The molecule has 0 unspecified atom stereocenters. The molecule has 14 heavy (non-hydrogen) atoms. The summed E-state index contributed by atoms with van der Waals surface area (Å²) in [5, 5.41) is 0. The number of hydrogen-bond acceptors (Lipinski definition) is 1. The van der Waals surface area contributed by atoms with Gasteiger partial charge in [0, 0.05) is 0 Å². The molecule has 0 saturated carbocycles. The van der Waals surface area contributed by atoms with Crippen LogP contribution in [0.4, 0.5) is 0 Å². The summed E-state index contributed by atoms with van der Waals surface area (Å²) in [4.78, 5) is 10.9. The number of hydrogen-bond donors (Lipinski definition) is 0. The Morgan fingerprint density at radius 2 is 1.57 bits per heavy atom. The zero-order valence-corrected chi connectivity index (χ0v) is 9.22. The molecule has 0 amide bonds. The summed E-state index contributed by atoms with van der Waals surface area (Å²) >= 11 is 0. The maximum absolute atomic E-state index is 10.9. The summed E-state index contributed by atoms with van der Waals surface area (Å²) in [5.74, 6) is 0.0988. The second kappa shape index (κ2) is 4.23. The maximum atomic E-state index is 10.9. The van der Waals surface area contributed by atoms with Crippen LogP contribution in [0.3, 0.4) is 0 Å². The summed E-state index contributed by atoms with van der Waals surface area (Å²) in [6, 6.07) is 6.33. The molecule has 0 saturated heterocycles. The van der Waals surface area contributed by atoms with Crippen LogP contribution >= 0.6 is 0 Å². The molecule has 1 rings (SSSR count). The Kier molecular flexibility index (Phi) is 3.23. The Balaban J connectivity index is 3.13. The minimum absolute atomic E-state index is 0.0988. The van der Waals surface area contributed by atoms with E-state index in [0.717, 1.165) is 11.1 Å². The Bertz CT molecular complexity index is 366. The zero-order chi connectivity index (χ0) is 10.7. The quantitative estimate of drug-likeness (QED) is 0.651. The van der Waals surface area contributed by atoms with Crippen molar-refractivity contribution < 1.29 is 4.79 Å². The van der Waals surface area contributed by atoms with Crippen LogP contribution in [0.5, 0.6) is 0 Å². The summed E-state index contributed by atoms with van der Waals surface area (Å²) in [6.07, 6.45) is 1.67. The van der Waals surface area contributed by atoms with Gasteiger partial charge < -0.3 is 0 Å². The van der Waals surface area contributed by atoms with Gasteiger partial charge in [-0.25, -0.2) is 0 Å². The summed E-state index contributed by atoms with van der Waals surface area (Å²) in [5.41, 5.74) is 4.63. The van der Waals surface area contributed by atoms with E-state index in [9.17, 15) is 4.79 Å². The number of carbonyl (C=O) groups is 1. The Morgan fingerprint density at radius 1 is 1.07 bits per heavy atom. The van der Waals surface area contributed by atoms with Crippen molar-refractivity contribution in [3.8, 4) is 0 Å². The highest BCUT2D eigenvalue weighted by Crippen LogP contribution is 2.17. The van der Waals surface area contributed by atoms with Crippen molar-refractivity contribution >= 4 is 11.4 Å². The molecule has 0 aliphatic rings. The van der Waals surface area contributed by atoms with Crippen molar-refractivity contribution in [2.24, 2.45) is 0 Å². The maximum Gasteiger partial charge on any atom is 0.152 e. The van der Waals surface area contributed by atoms with Crippen molar-refractivity contribution in [2.75, 3.05) is 0 Å². The third-order valence-corrected chi connectivity index (χ3v) is 2.10. The van der Waals surface area contributed by atoms with E-state index in [4.69, 9.17) is 0 Å². The summed E-state index contributed by atoms with van der Waals surface area (Å²) in [7, 11) is 0. The molecule has 0 heterocycles. The van der Waals surface area contributed by atoms with Crippen molar-refractivity contribution in [1.82, 2.24) is 0 Å². The van der Waals surface area contributed by atoms with Gasteiger partial charge in [-0.05, 0) is 44.9 Å². The smallest absolute Gasteiger partial charge is 0.152 e. The lowest BCUT2D eigenvalue weighted by atomic mass is 10.0. The molecule has 0 radical (unpaired) electrons. The van der Waals surface area contributed by atoms with Crippen LogP contribution in [0.2, 0.25) is 0 Å². The molecular weight excluding hydrogens is 172 g/mol. The fraction of sp³-hybridized carbons (Fsp3) is 0.308. The monoisotopic (exact) mass is 188 g/mol. The number of carbonyl (C=O) groups excluding carboxylic acids is 1. The van der Waals surface area contributed by atoms with Gasteiger partial charge in [0.2, 0.25) is 0 Å². The standard InChI is InChI=1S/C13H16O/c1-9-5-10(2)7-13(6-9)11(3)8-12(4)14/h5-8H,1-4H3/b11-8-. The molecule has 0 aliphatic heterocycles. The largest absolute Gasteiger partial charge is 0.295 e. The van der Waals surface area contributed by atoms with Crippen LogP contribution < -0.4 is 0 Å². The number of allylic oxidation sites excluding steroid dienone is 2. The third kappa shape index (κ3) is 2.84. The lowest BCUT2D eigenvalue weighted by molar-refractivity contribution is -0.112. The second-order valence-corrected chi connectivity index (χ2v) is 3.81. The first-order valence-corrected chi connectivity index (χ1v) is 4.76. The predicted octanol–water partition coefficient (Wildman–Crippen LogP) is 3.30. The van der Waals surface area contributed by atoms with E-state index in [1.54, 1.807) is 13.0 Å². The van der Waals surface area contributed by atoms with Gasteiger partial charge in [-0.1, -0.05) is 29.3 Å². The highest BCUT2D eigenvalue weighted by molar-refractivity contribution is 5.94. The molecule has 0 fully saturated rings. The van der Waals surface area contributed by atoms with Crippen molar-refractivity contribution in [3.63, 3.8) is 0 Å². The fourth-order valence-corrected chi connectivity index (χ4v) is 1.59. The number of benzene rings is 1. The molecule has 0 atom stereocenters. The first kappa shape index (κ1) is 10.7. The van der Waals surface area contributed by atoms with E-state index < -0.39 is 0 Å². The molecule has 0 bridgehead atoms. The summed E-state index contributed by atoms with van der Waals surface area (Å²) < 4.78 is 0. The molecular formula is C13H16O. The highest BCUT2D eigenvalue weighted by Gasteiger charge is 1.98. The zero-order valence-electron chi connectivity index (χ0n) is 9.22. The van der Waals surface area contributed by atoms with Crippen molar-refractivity contribution in [2.45, 2.75) is 27.7 Å². The lowest BCUT2D eigenvalue weighted by Crippen LogP contribution is -1.88. The Hall–Kier alpha value is -1.37.